The molecule has 24 heavy (non-hydrogen) atoms. The third-order valence-electron chi connectivity index (χ3n) is 3.68. The zero-order valence-electron chi connectivity index (χ0n) is 13.0. The molecule has 2 N–H and O–H groups in total. The molecule has 8 heteroatoms. The van der Waals surface area contributed by atoms with E-state index in [0.717, 1.165) is 5.56 Å². The van der Waals surface area contributed by atoms with Crippen LogP contribution in [0.25, 0.3) is 0 Å². The Morgan fingerprint density at radius 1 is 1.33 bits per heavy atom. The summed E-state index contributed by atoms with van der Waals surface area (Å²) in [5.74, 6) is -0.110. The van der Waals surface area contributed by atoms with Gasteiger partial charge in [-0.1, -0.05) is 12.1 Å². The molecule has 1 amide bonds. The first-order valence-electron chi connectivity index (χ1n) is 7.68. The van der Waals surface area contributed by atoms with Gasteiger partial charge in [0.1, 0.15) is 11.9 Å². The number of hydrogen-bond donors (Lipinski definition) is 2. The van der Waals surface area contributed by atoms with Gasteiger partial charge < -0.3 is 19.9 Å². The van der Waals surface area contributed by atoms with Crippen LogP contribution in [0.4, 0.5) is 13.2 Å². The van der Waals surface area contributed by atoms with Gasteiger partial charge in [0.25, 0.3) is 0 Å². The van der Waals surface area contributed by atoms with E-state index in [1.54, 1.807) is 24.3 Å². The molecule has 2 unspecified atom stereocenters. The van der Waals surface area contributed by atoms with Gasteiger partial charge in [-0.05, 0) is 24.1 Å². The Kier molecular flexibility index (Phi) is 6.44. The van der Waals surface area contributed by atoms with E-state index in [-0.39, 0.29) is 13.2 Å². The highest BCUT2D eigenvalue weighted by Crippen LogP contribution is 2.22. The van der Waals surface area contributed by atoms with E-state index in [1.807, 2.05) is 0 Å². The second-order valence-corrected chi connectivity index (χ2v) is 5.61. The Morgan fingerprint density at radius 3 is 2.67 bits per heavy atom. The average molecular weight is 347 g/mol. The molecule has 134 valence electrons. The van der Waals surface area contributed by atoms with Crippen LogP contribution >= 0.6 is 0 Å². The summed E-state index contributed by atoms with van der Waals surface area (Å²) >= 11 is 0. The Morgan fingerprint density at radius 2 is 2.04 bits per heavy atom. The summed E-state index contributed by atoms with van der Waals surface area (Å²) in [6.07, 6.45) is -6.10. The molecule has 2 atom stereocenters. The van der Waals surface area contributed by atoms with Crippen LogP contribution in [-0.4, -0.2) is 42.5 Å². The molecule has 0 radical (unpaired) electrons. The number of halogens is 3. The van der Waals surface area contributed by atoms with Crippen LogP contribution in [0.5, 0.6) is 5.75 Å². The van der Waals surface area contributed by atoms with Crippen LogP contribution in [0.15, 0.2) is 24.3 Å². The topological polar surface area (TPSA) is 67.8 Å². The summed E-state index contributed by atoms with van der Waals surface area (Å²) in [7, 11) is 0. The maximum absolute atomic E-state index is 12.2. The first-order chi connectivity index (χ1) is 11.4. The number of rotatable bonds is 6. The number of ether oxygens (including phenoxy) is 2. The lowest BCUT2D eigenvalue weighted by Gasteiger charge is -2.32. The Balaban J connectivity index is 1.90. The van der Waals surface area contributed by atoms with Gasteiger partial charge in [0, 0.05) is 13.0 Å². The lowest BCUT2D eigenvalue weighted by molar-refractivity contribution is -0.145. The fourth-order valence-corrected chi connectivity index (χ4v) is 2.38. The lowest BCUT2D eigenvalue weighted by atomic mass is 10.1. The number of aliphatic hydroxyl groups is 1. The van der Waals surface area contributed by atoms with Gasteiger partial charge >= 0.3 is 6.18 Å². The van der Waals surface area contributed by atoms with Crippen molar-refractivity contribution in [1.29, 1.82) is 0 Å². The smallest absolute Gasteiger partial charge is 0.389 e. The van der Waals surface area contributed by atoms with Gasteiger partial charge in [0.05, 0.1) is 25.7 Å². The van der Waals surface area contributed by atoms with Crippen LogP contribution < -0.4 is 10.1 Å². The minimum absolute atomic E-state index is 0.0787. The molecule has 0 spiro atoms. The van der Waals surface area contributed by atoms with Crippen molar-refractivity contribution in [2.45, 2.75) is 44.2 Å². The second kappa shape index (κ2) is 8.34. The van der Waals surface area contributed by atoms with Crippen LogP contribution in [0.2, 0.25) is 0 Å². The van der Waals surface area contributed by atoms with Crippen molar-refractivity contribution in [3.63, 3.8) is 0 Å². The van der Waals surface area contributed by atoms with E-state index >= 15 is 0 Å². The van der Waals surface area contributed by atoms with E-state index in [0.29, 0.717) is 18.8 Å². The van der Waals surface area contributed by atoms with Gasteiger partial charge in [0.15, 0.2) is 0 Å². The predicted molar refractivity (Wildman–Crippen MR) is 79.4 cm³/mol. The fourth-order valence-electron chi connectivity index (χ4n) is 2.38. The highest BCUT2D eigenvalue weighted by Gasteiger charge is 2.31. The summed E-state index contributed by atoms with van der Waals surface area (Å²) < 4.78 is 47.6. The number of aliphatic hydroxyl groups excluding tert-OH is 1. The predicted octanol–water partition coefficient (Wildman–Crippen LogP) is 2.17. The van der Waals surface area contributed by atoms with E-state index in [2.05, 4.69) is 5.32 Å². The number of hydrogen-bond acceptors (Lipinski definition) is 4. The number of nitrogens with one attached hydrogen (secondary N) is 1. The SMILES string of the molecule is O=C(CCC(F)(F)F)NC1CCOCC1Oc1ccc(CO)cc1. The molecule has 1 aromatic carbocycles. The summed E-state index contributed by atoms with van der Waals surface area (Å²) in [6, 6.07) is 6.37. The van der Waals surface area contributed by atoms with Crippen molar-refractivity contribution < 1.29 is 32.5 Å². The zero-order chi connectivity index (χ0) is 17.6. The maximum Gasteiger partial charge on any atom is 0.389 e. The van der Waals surface area contributed by atoms with E-state index in [4.69, 9.17) is 14.6 Å². The molecule has 1 saturated heterocycles. The molecule has 0 aromatic heterocycles. The molecule has 0 bridgehead atoms. The van der Waals surface area contributed by atoms with Gasteiger partial charge in [-0.25, -0.2) is 0 Å². The van der Waals surface area contributed by atoms with Gasteiger partial charge in [0.2, 0.25) is 5.91 Å². The van der Waals surface area contributed by atoms with Gasteiger partial charge in [-0.2, -0.15) is 13.2 Å². The van der Waals surface area contributed by atoms with Crippen LogP contribution in [0.1, 0.15) is 24.8 Å². The quantitative estimate of drug-likeness (QED) is 0.828. The first kappa shape index (κ1) is 18.5. The van der Waals surface area contributed by atoms with Crippen LogP contribution in [0, 0.1) is 0 Å². The highest BCUT2D eigenvalue weighted by molar-refractivity contribution is 5.76. The third kappa shape index (κ3) is 6.01. The molecule has 5 nitrogen and oxygen atoms in total. The number of amides is 1. The molecule has 1 aliphatic rings. The monoisotopic (exact) mass is 347 g/mol. The summed E-state index contributed by atoms with van der Waals surface area (Å²) in [5, 5.41) is 11.6. The Labute approximate surface area is 137 Å². The molecule has 2 rings (SSSR count). The minimum atomic E-state index is -4.35. The van der Waals surface area contributed by atoms with E-state index < -0.39 is 37.1 Å². The van der Waals surface area contributed by atoms with E-state index in [1.165, 1.54) is 0 Å². The highest BCUT2D eigenvalue weighted by atomic mass is 19.4. The average Bonchev–Trinajstić information content (AvgIpc) is 2.55. The second-order valence-electron chi connectivity index (χ2n) is 5.61. The zero-order valence-corrected chi connectivity index (χ0v) is 13.0. The number of carbonyl (C=O) groups excluding carboxylic acids is 1. The number of carbonyl (C=O) groups is 1. The van der Waals surface area contributed by atoms with Crippen molar-refractivity contribution >= 4 is 5.91 Å². The molecule has 0 saturated carbocycles. The van der Waals surface area contributed by atoms with Crippen molar-refractivity contribution in [2.24, 2.45) is 0 Å². The molecule has 1 heterocycles. The van der Waals surface area contributed by atoms with Gasteiger partial charge in [-0.3, -0.25) is 4.79 Å². The first-order valence-corrected chi connectivity index (χ1v) is 7.68. The minimum Gasteiger partial charge on any atom is -0.486 e. The Bertz CT molecular complexity index is 533. The third-order valence-corrected chi connectivity index (χ3v) is 3.68. The van der Waals surface area contributed by atoms with Crippen molar-refractivity contribution in [3.8, 4) is 5.75 Å². The molecule has 1 fully saturated rings. The Hall–Kier alpha value is -1.80. The number of benzene rings is 1. The van der Waals surface area contributed by atoms with Crippen LogP contribution in [0.3, 0.4) is 0 Å². The molecular formula is C16H20F3NO4. The standard InChI is InChI=1S/C16H20F3NO4/c17-16(18,19)7-5-15(22)20-13-6-8-23-10-14(13)24-12-3-1-11(9-21)2-4-12/h1-4,13-14,21H,5-10H2,(H,20,22). The molecule has 1 aromatic rings. The summed E-state index contributed by atoms with van der Waals surface area (Å²) in [4.78, 5) is 11.7. The largest absolute Gasteiger partial charge is 0.486 e. The summed E-state index contributed by atoms with van der Waals surface area (Å²) in [6.45, 7) is 0.574. The molecule has 0 aliphatic carbocycles. The normalized spacial score (nSPS) is 21.3. The molecule has 1 aliphatic heterocycles. The van der Waals surface area contributed by atoms with Gasteiger partial charge in [-0.15, -0.1) is 0 Å². The van der Waals surface area contributed by atoms with E-state index in [9.17, 15) is 18.0 Å². The summed E-state index contributed by atoms with van der Waals surface area (Å²) in [5.41, 5.74) is 0.735. The van der Waals surface area contributed by atoms with Crippen molar-refractivity contribution in [2.75, 3.05) is 13.2 Å². The van der Waals surface area contributed by atoms with Crippen LogP contribution in [-0.2, 0) is 16.1 Å². The van der Waals surface area contributed by atoms with Crippen molar-refractivity contribution in [1.82, 2.24) is 5.32 Å². The number of alkyl halides is 3. The van der Waals surface area contributed by atoms with Crippen molar-refractivity contribution in [3.05, 3.63) is 29.8 Å². The fraction of sp³-hybridized carbons (Fsp3) is 0.562. The lowest BCUT2D eigenvalue weighted by Crippen LogP contribution is -2.51. The molecular weight excluding hydrogens is 327 g/mol. The maximum atomic E-state index is 12.2.